The average Bonchev–Trinajstić information content (AvgIpc) is 2.69. The number of aromatic nitrogens is 1. The maximum Gasteiger partial charge on any atom is 0.253 e. The summed E-state index contributed by atoms with van der Waals surface area (Å²) >= 11 is 0. The van der Waals surface area contributed by atoms with Crippen LogP contribution in [0.15, 0.2) is 24.4 Å². The van der Waals surface area contributed by atoms with Gasteiger partial charge in [0.1, 0.15) is 0 Å². The molecule has 1 fully saturated rings. The number of carbonyl (C=O) groups excluding carboxylic acids is 1. The molecular weight excluding hydrogens is 226 g/mol. The zero-order valence-corrected chi connectivity index (χ0v) is 10.2. The number of nitrogens with one attached hydrogen (secondary N) is 2. The van der Waals surface area contributed by atoms with E-state index in [0.717, 1.165) is 17.4 Å². The number of fused-ring (bicyclic) bond motifs is 1. The second-order valence-electron chi connectivity index (χ2n) is 5.01. The Hall–Kier alpha value is -1.97. The molecule has 1 aromatic heterocycles. The third-order valence-corrected chi connectivity index (χ3v) is 3.73. The molecule has 1 amide bonds. The molecule has 0 radical (unpaired) electrons. The van der Waals surface area contributed by atoms with E-state index in [1.165, 1.54) is 19.3 Å². The summed E-state index contributed by atoms with van der Waals surface area (Å²) < 4.78 is 0. The summed E-state index contributed by atoms with van der Waals surface area (Å²) in [6, 6.07) is 5.55. The van der Waals surface area contributed by atoms with Gasteiger partial charge in [-0.2, -0.15) is 0 Å². The lowest BCUT2D eigenvalue weighted by Crippen LogP contribution is -2.32. The molecule has 4 nitrogen and oxygen atoms in total. The smallest absolute Gasteiger partial charge is 0.253 e. The van der Waals surface area contributed by atoms with Gasteiger partial charge in [0.25, 0.3) is 5.91 Å². The van der Waals surface area contributed by atoms with E-state index in [4.69, 9.17) is 5.73 Å². The van der Waals surface area contributed by atoms with Crippen LogP contribution in [-0.4, -0.2) is 17.4 Å². The summed E-state index contributed by atoms with van der Waals surface area (Å²) in [4.78, 5) is 15.2. The number of carbonyl (C=O) groups is 1. The standard InChI is InChI=1S/C14H17N3O/c15-10-4-5-11-12(8-16-13(11)6-10)14(18)17-7-9-2-1-3-9/h4-6,8-9,16H,1-3,7,15H2,(H,17,18). The molecule has 18 heavy (non-hydrogen) atoms. The molecule has 2 aromatic rings. The van der Waals surface area contributed by atoms with Crippen LogP contribution < -0.4 is 11.1 Å². The highest BCUT2D eigenvalue weighted by atomic mass is 16.1. The minimum atomic E-state index is -0.00192. The Bertz CT molecular complexity index is 584. The highest BCUT2D eigenvalue weighted by Gasteiger charge is 2.19. The van der Waals surface area contributed by atoms with Gasteiger partial charge in [0, 0.05) is 29.3 Å². The van der Waals surface area contributed by atoms with Crippen molar-refractivity contribution in [2.45, 2.75) is 19.3 Å². The molecule has 0 aliphatic heterocycles. The molecule has 1 aliphatic rings. The van der Waals surface area contributed by atoms with Crippen LogP contribution in [0.1, 0.15) is 29.6 Å². The number of nitrogen functional groups attached to an aromatic ring is 1. The topological polar surface area (TPSA) is 70.9 Å². The summed E-state index contributed by atoms with van der Waals surface area (Å²) in [5.41, 5.74) is 8.02. The summed E-state index contributed by atoms with van der Waals surface area (Å²) in [5.74, 6) is 0.674. The fourth-order valence-corrected chi connectivity index (χ4v) is 2.36. The summed E-state index contributed by atoms with van der Waals surface area (Å²) in [6.45, 7) is 0.792. The van der Waals surface area contributed by atoms with E-state index in [-0.39, 0.29) is 5.91 Å². The van der Waals surface area contributed by atoms with Gasteiger partial charge in [-0.25, -0.2) is 0 Å². The van der Waals surface area contributed by atoms with E-state index in [1.54, 1.807) is 6.20 Å². The lowest BCUT2D eigenvalue weighted by Gasteiger charge is -2.25. The SMILES string of the molecule is Nc1ccc2c(C(=O)NCC3CCC3)c[nH]c2c1. The number of benzene rings is 1. The zero-order chi connectivity index (χ0) is 12.5. The fraction of sp³-hybridized carbons (Fsp3) is 0.357. The highest BCUT2D eigenvalue weighted by Crippen LogP contribution is 2.25. The van der Waals surface area contributed by atoms with Crippen LogP contribution in [0.2, 0.25) is 0 Å². The Kier molecular flexibility index (Phi) is 2.70. The van der Waals surface area contributed by atoms with Crippen LogP contribution in [0.5, 0.6) is 0 Å². The Labute approximate surface area is 106 Å². The van der Waals surface area contributed by atoms with Crippen molar-refractivity contribution in [3.05, 3.63) is 30.0 Å². The van der Waals surface area contributed by atoms with Crippen molar-refractivity contribution in [2.24, 2.45) is 5.92 Å². The van der Waals surface area contributed by atoms with Crippen molar-refractivity contribution in [1.29, 1.82) is 0 Å². The highest BCUT2D eigenvalue weighted by molar-refractivity contribution is 6.07. The van der Waals surface area contributed by atoms with Crippen LogP contribution in [0, 0.1) is 5.92 Å². The van der Waals surface area contributed by atoms with Crippen molar-refractivity contribution in [2.75, 3.05) is 12.3 Å². The molecule has 0 spiro atoms. The van der Waals surface area contributed by atoms with Crippen molar-refractivity contribution < 1.29 is 4.79 Å². The van der Waals surface area contributed by atoms with E-state index >= 15 is 0 Å². The normalized spacial score (nSPS) is 15.6. The van der Waals surface area contributed by atoms with E-state index in [9.17, 15) is 4.79 Å². The lowest BCUT2D eigenvalue weighted by atomic mass is 9.85. The molecule has 4 heteroatoms. The molecule has 94 valence electrons. The van der Waals surface area contributed by atoms with Gasteiger partial charge in [0.15, 0.2) is 0 Å². The molecule has 1 aliphatic carbocycles. The van der Waals surface area contributed by atoms with Crippen LogP contribution in [0.25, 0.3) is 10.9 Å². The number of hydrogen-bond acceptors (Lipinski definition) is 2. The quantitative estimate of drug-likeness (QED) is 0.724. The van der Waals surface area contributed by atoms with E-state index in [2.05, 4.69) is 10.3 Å². The predicted molar refractivity (Wildman–Crippen MR) is 72.4 cm³/mol. The fourth-order valence-electron chi connectivity index (χ4n) is 2.36. The number of nitrogens with two attached hydrogens (primary N) is 1. The van der Waals surface area contributed by atoms with E-state index in [0.29, 0.717) is 17.2 Å². The largest absolute Gasteiger partial charge is 0.399 e. The molecular formula is C14H17N3O. The molecule has 0 saturated heterocycles. The van der Waals surface area contributed by atoms with Gasteiger partial charge in [-0.15, -0.1) is 0 Å². The number of H-pyrrole nitrogens is 1. The number of rotatable bonds is 3. The predicted octanol–water partition coefficient (Wildman–Crippen LogP) is 2.28. The molecule has 0 unspecified atom stereocenters. The summed E-state index contributed by atoms with van der Waals surface area (Å²) in [7, 11) is 0. The third kappa shape index (κ3) is 1.94. The molecule has 1 saturated carbocycles. The van der Waals surface area contributed by atoms with E-state index in [1.807, 2.05) is 18.2 Å². The summed E-state index contributed by atoms with van der Waals surface area (Å²) in [6.07, 6.45) is 5.53. The van der Waals surface area contributed by atoms with Crippen molar-refractivity contribution in [3.63, 3.8) is 0 Å². The van der Waals surface area contributed by atoms with Gasteiger partial charge in [-0.1, -0.05) is 6.42 Å². The Morgan fingerprint density at radius 2 is 2.28 bits per heavy atom. The number of aromatic amines is 1. The van der Waals surface area contributed by atoms with Crippen LogP contribution >= 0.6 is 0 Å². The first-order valence-electron chi connectivity index (χ1n) is 6.39. The first-order chi connectivity index (χ1) is 8.74. The molecule has 0 bridgehead atoms. The van der Waals surface area contributed by atoms with Gasteiger partial charge < -0.3 is 16.0 Å². The van der Waals surface area contributed by atoms with E-state index < -0.39 is 0 Å². The van der Waals surface area contributed by atoms with Crippen molar-refractivity contribution in [1.82, 2.24) is 10.3 Å². The first-order valence-corrected chi connectivity index (χ1v) is 6.39. The van der Waals surface area contributed by atoms with Crippen LogP contribution in [0.3, 0.4) is 0 Å². The first kappa shape index (κ1) is 11.1. The number of anilines is 1. The Balaban J connectivity index is 1.78. The van der Waals surface area contributed by atoms with Gasteiger partial charge in [0.2, 0.25) is 0 Å². The average molecular weight is 243 g/mol. The summed E-state index contributed by atoms with van der Waals surface area (Å²) in [5, 5.41) is 3.93. The number of amides is 1. The molecule has 1 aromatic carbocycles. The lowest BCUT2D eigenvalue weighted by molar-refractivity contribution is 0.0941. The molecule has 3 rings (SSSR count). The third-order valence-electron chi connectivity index (χ3n) is 3.73. The maximum atomic E-state index is 12.1. The van der Waals surface area contributed by atoms with Gasteiger partial charge in [0.05, 0.1) is 5.56 Å². The van der Waals surface area contributed by atoms with Gasteiger partial charge >= 0.3 is 0 Å². The molecule has 0 atom stereocenters. The Morgan fingerprint density at radius 1 is 1.44 bits per heavy atom. The Morgan fingerprint density at radius 3 is 3.00 bits per heavy atom. The van der Waals surface area contributed by atoms with Crippen LogP contribution in [-0.2, 0) is 0 Å². The van der Waals surface area contributed by atoms with Gasteiger partial charge in [-0.3, -0.25) is 4.79 Å². The zero-order valence-electron chi connectivity index (χ0n) is 10.2. The minimum absolute atomic E-state index is 0.00192. The van der Waals surface area contributed by atoms with Gasteiger partial charge in [-0.05, 0) is 37.0 Å². The number of hydrogen-bond donors (Lipinski definition) is 3. The van der Waals surface area contributed by atoms with Crippen molar-refractivity contribution >= 4 is 22.5 Å². The van der Waals surface area contributed by atoms with Crippen molar-refractivity contribution in [3.8, 4) is 0 Å². The van der Waals surface area contributed by atoms with Crippen LogP contribution in [0.4, 0.5) is 5.69 Å². The second-order valence-corrected chi connectivity index (χ2v) is 5.01. The minimum Gasteiger partial charge on any atom is -0.399 e. The molecule has 4 N–H and O–H groups in total. The second kappa shape index (κ2) is 4.37. The maximum absolute atomic E-state index is 12.1. The monoisotopic (exact) mass is 243 g/mol. The molecule has 1 heterocycles.